The van der Waals surface area contributed by atoms with Gasteiger partial charge >= 0.3 is 0 Å². The first-order chi connectivity index (χ1) is 7.94. The van der Waals surface area contributed by atoms with Crippen molar-refractivity contribution >= 4 is 20.9 Å². The first kappa shape index (κ1) is 12.1. The molecule has 92 valence electrons. The number of hydrogen-bond donors (Lipinski definition) is 1. The molecule has 0 spiro atoms. The molecule has 1 heterocycles. The Morgan fingerprint density at radius 3 is 2.76 bits per heavy atom. The standard InChI is InChI=1S/C11H13NO4S/c1-17(14,15)7-8(13)6-11-12-9-4-2-3-5-10(9)16-11/h2-5,8,13H,6-7H2,1H3. The van der Waals surface area contributed by atoms with E-state index in [4.69, 9.17) is 4.42 Å². The molecule has 17 heavy (non-hydrogen) atoms. The number of benzene rings is 1. The molecule has 6 heteroatoms. The fourth-order valence-corrected chi connectivity index (χ4v) is 2.43. The van der Waals surface area contributed by atoms with Crippen LogP contribution >= 0.6 is 0 Å². The minimum absolute atomic E-state index is 0.0990. The maximum Gasteiger partial charge on any atom is 0.198 e. The third-order valence-electron chi connectivity index (χ3n) is 2.24. The van der Waals surface area contributed by atoms with Crippen LogP contribution in [-0.4, -0.2) is 36.6 Å². The number of aromatic nitrogens is 1. The molecule has 2 aromatic rings. The highest BCUT2D eigenvalue weighted by Crippen LogP contribution is 2.15. The molecule has 1 aromatic carbocycles. The van der Waals surface area contributed by atoms with Crippen molar-refractivity contribution in [1.82, 2.24) is 4.98 Å². The van der Waals surface area contributed by atoms with Crippen molar-refractivity contribution < 1.29 is 17.9 Å². The zero-order chi connectivity index (χ0) is 12.5. The Labute approximate surface area is 99.0 Å². The normalized spacial score (nSPS) is 14.0. The number of oxazole rings is 1. The fraction of sp³-hybridized carbons (Fsp3) is 0.364. The van der Waals surface area contributed by atoms with Gasteiger partial charge in [-0.25, -0.2) is 13.4 Å². The van der Waals surface area contributed by atoms with E-state index < -0.39 is 15.9 Å². The second-order valence-corrected chi connectivity index (χ2v) is 6.21. The topological polar surface area (TPSA) is 80.4 Å². The first-order valence-electron chi connectivity index (χ1n) is 5.14. The summed E-state index contributed by atoms with van der Waals surface area (Å²) in [7, 11) is -3.19. The summed E-state index contributed by atoms with van der Waals surface area (Å²) in [5.74, 6) is 0.0634. The minimum atomic E-state index is -3.19. The maximum atomic E-state index is 11.0. The van der Waals surface area contributed by atoms with Crippen molar-refractivity contribution in [2.75, 3.05) is 12.0 Å². The zero-order valence-electron chi connectivity index (χ0n) is 9.33. The quantitative estimate of drug-likeness (QED) is 0.873. The monoisotopic (exact) mass is 255 g/mol. The molecule has 0 saturated heterocycles. The van der Waals surface area contributed by atoms with E-state index in [0.717, 1.165) is 6.26 Å². The van der Waals surface area contributed by atoms with Crippen LogP contribution in [0.5, 0.6) is 0 Å². The molecule has 0 saturated carbocycles. The molecule has 1 unspecified atom stereocenters. The van der Waals surface area contributed by atoms with Gasteiger partial charge in [-0.1, -0.05) is 12.1 Å². The minimum Gasteiger partial charge on any atom is -0.441 e. The van der Waals surface area contributed by atoms with Gasteiger partial charge in [0.15, 0.2) is 11.5 Å². The van der Waals surface area contributed by atoms with Gasteiger partial charge in [-0.15, -0.1) is 0 Å². The van der Waals surface area contributed by atoms with Crippen LogP contribution in [0.3, 0.4) is 0 Å². The smallest absolute Gasteiger partial charge is 0.198 e. The SMILES string of the molecule is CS(=O)(=O)CC(O)Cc1nc2ccccc2o1. The lowest BCUT2D eigenvalue weighted by atomic mass is 10.3. The highest BCUT2D eigenvalue weighted by Gasteiger charge is 2.16. The van der Waals surface area contributed by atoms with Crippen molar-refractivity contribution in [3.8, 4) is 0 Å². The second-order valence-electron chi connectivity index (χ2n) is 4.03. The second kappa shape index (κ2) is 4.46. The lowest BCUT2D eigenvalue weighted by molar-refractivity contribution is 0.188. The largest absolute Gasteiger partial charge is 0.441 e. The van der Waals surface area contributed by atoms with E-state index in [2.05, 4.69) is 4.98 Å². The van der Waals surface area contributed by atoms with E-state index in [1.54, 1.807) is 12.1 Å². The summed E-state index contributed by atoms with van der Waals surface area (Å²) in [6.07, 6.45) is 0.197. The van der Waals surface area contributed by atoms with E-state index in [9.17, 15) is 13.5 Å². The Kier molecular flexibility index (Phi) is 3.17. The van der Waals surface area contributed by atoms with Crippen LogP contribution in [0.2, 0.25) is 0 Å². The number of para-hydroxylation sites is 2. The molecule has 0 bridgehead atoms. The van der Waals surface area contributed by atoms with Crippen LogP contribution < -0.4 is 0 Å². The number of sulfone groups is 1. The lowest BCUT2D eigenvalue weighted by Crippen LogP contribution is -2.22. The Balaban J connectivity index is 2.13. The van der Waals surface area contributed by atoms with Crippen molar-refractivity contribution in [2.24, 2.45) is 0 Å². The van der Waals surface area contributed by atoms with Gasteiger partial charge in [0.25, 0.3) is 0 Å². The van der Waals surface area contributed by atoms with Gasteiger partial charge in [0.05, 0.1) is 18.3 Å². The van der Waals surface area contributed by atoms with Gasteiger partial charge in [-0.05, 0) is 12.1 Å². The average molecular weight is 255 g/mol. The lowest BCUT2D eigenvalue weighted by Gasteiger charge is -2.05. The highest BCUT2D eigenvalue weighted by atomic mass is 32.2. The molecule has 1 N–H and O–H groups in total. The van der Waals surface area contributed by atoms with Gasteiger partial charge in [0, 0.05) is 6.26 Å². The molecule has 0 aliphatic rings. The van der Waals surface area contributed by atoms with E-state index in [0.29, 0.717) is 17.0 Å². The number of fused-ring (bicyclic) bond motifs is 1. The van der Waals surface area contributed by atoms with Gasteiger partial charge in [-0.3, -0.25) is 0 Å². The summed E-state index contributed by atoms with van der Waals surface area (Å²) >= 11 is 0. The number of aliphatic hydroxyl groups is 1. The van der Waals surface area contributed by atoms with E-state index in [1.165, 1.54) is 0 Å². The predicted molar refractivity (Wildman–Crippen MR) is 63.4 cm³/mol. The van der Waals surface area contributed by atoms with Crippen molar-refractivity contribution in [1.29, 1.82) is 0 Å². The molecular formula is C11H13NO4S. The Morgan fingerprint density at radius 2 is 2.12 bits per heavy atom. The Bertz CT molecular complexity index is 584. The fourth-order valence-electron chi connectivity index (χ4n) is 1.62. The summed E-state index contributed by atoms with van der Waals surface area (Å²) in [5.41, 5.74) is 1.34. The maximum absolute atomic E-state index is 11.0. The number of aliphatic hydroxyl groups excluding tert-OH is 1. The Hall–Kier alpha value is -1.40. The first-order valence-corrected chi connectivity index (χ1v) is 7.20. The van der Waals surface area contributed by atoms with E-state index in [-0.39, 0.29) is 12.2 Å². The highest BCUT2D eigenvalue weighted by molar-refractivity contribution is 7.90. The molecule has 2 rings (SSSR count). The molecule has 1 aromatic heterocycles. The van der Waals surface area contributed by atoms with Crippen molar-refractivity contribution in [3.05, 3.63) is 30.2 Å². The predicted octanol–water partition coefficient (Wildman–Crippen LogP) is 0.776. The van der Waals surface area contributed by atoms with Crippen molar-refractivity contribution in [2.45, 2.75) is 12.5 Å². The summed E-state index contributed by atoms with van der Waals surface area (Å²) in [6, 6.07) is 7.23. The van der Waals surface area contributed by atoms with Crippen molar-refractivity contribution in [3.63, 3.8) is 0 Å². The average Bonchev–Trinajstić information content (AvgIpc) is 2.55. The van der Waals surface area contributed by atoms with Gasteiger partial charge < -0.3 is 9.52 Å². The molecule has 0 amide bonds. The number of rotatable bonds is 4. The van der Waals surface area contributed by atoms with Crippen LogP contribution in [-0.2, 0) is 16.3 Å². The summed E-state index contributed by atoms with van der Waals surface area (Å²) in [4.78, 5) is 4.16. The molecule has 0 aliphatic heterocycles. The molecular weight excluding hydrogens is 242 g/mol. The molecule has 0 fully saturated rings. The van der Waals surface area contributed by atoms with Crippen LogP contribution in [0.1, 0.15) is 5.89 Å². The summed E-state index contributed by atoms with van der Waals surface area (Å²) < 4.78 is 27.4. The van der Waals surface area contributed by atoms with Crippen LogP contribution in [0.25, 0.3) is 11.1 Å². The Morgan fingerprint density at radius 1 is 1.41 bits per heavy atom. The van der Waals surface area contributed by atoms with Gasteiger partial charge in [0.1, 0.15) is 15.4 Å². The van der Waals surface area contributed by atoms with Gasteiger partial charge in [-0.2, -0.15) is 0 Å². The number of hydrogen-bond acceptors (Lipinski definition) is 5. The third-order valence-corrected chi connectivity index (χ3v) is 3.23. The van der Waals surface area contributed by atoms with Gasteiger partial charge in [0.2, 0.25) is 0 Å². The summed E-state index contributed by atoms with van der Waals surface area (Å²) in [6.45, 7) is 0. The molecule has 0 aliphatic carbocycles. The molecule has 1 atom stereocenters. The van der Waals surface area contributed by atoms with Crippen LogP contribution in [0.15, 0.2) is 28.7 Å². The molecule has 5 nitrogen and oxygen atoms in total. The molecule has 0 radical (unpaired) electrons. The summed E-state index contributed by atoms with van der Waals surface area (Å²) in [5, 5.41) is 9.58. The zero-order valence-corrected chi connectivity index (χ0v) is 10.1. The van der Waals surface area contributed by atoms with Crippen LogP contribution in [0.4, 0.5) is 0 Å². The van der Waals surface area contributed by atoms with E-state index in [1.807, 2.05) is 12.1 Å². The van der Waals surface area contributed by atoms with Crippen LogP contribution in [0, 0.1) is 0 Å². The number of nitrogens with zero attached hydrogens (tertiary/aromatic N) is 1. The van der Waals surface area contributed by atoms with E-state index >= 15 is 0 Å². The third kappa shape index (κ3) is 3.28.